The van der Waals surface area contributed by atoms with Crippen molar-refractivity contribution in [1.29, 1.82) is 0 Å². The van der Waals surface area contributed by atoms with E-state index in [9.17, 15) is 4.79 Å². The van der Waals surface area contributed by atoms with E-state index in [1.54, 1.807) is 19.2 Å². The fourth-order valence-electron chi connectivity index (χ4n) is 3.20. The fraction of sp³-hybridized carbons (Fsp3) is 0.474. The van der Waals surface area contributed by atoms with Gasteiger partial charge in [-0.1, -0.05) is 16.8 Å². The molecule has 0 aliphatic carbocycles. The fourth-order valence-corrected chi connectivity index (χ4v) is 3.33. The third kappa shape index (κ3) is 6.43. The molecule has 1 aromatic carbocycles. The summed E-state index contributed by atoms with van der Waals surface area (Å²) in [5, 5.41) is 11.4. The molecule has 1 aromatic heterocycles. The molecule has 156 valence electrons. The molecule has 0 spiro atoms. The summed E-state index contributed by atoms with van der Waals surface area (Å²) in [7, 11) is 1.74. The molecule has 0 atom stereocenters. The maximum atomic E-state index is 11.0. The predicted molar refractivity (Wildman–Crippen MR) is 112 cm³/mol. The van der Waals surface area contributed by atoms with E-state index >= 15 is 0 Å². The van der Waals surface area contributed by atoms with Gasteiger partial charge in [0.25, 0.3) is 0 Å². The number of rotatable bonds is 7. The number of carbonyl (C=O) groups excluding carboxylic acids is 1. The van der Waals surface area contributed by atoms with Gasteiger partial charge in [0.2, 0.25) is 17.6 Å². The summed E-state index contributed by atoms with van der Waals surface area (Å²) in [6.45, 7) is 2.62. The van der Waals surface area contributed by atoms with Crippen LogP contribution in [0, 0.1) is 0 Å². The third-order valence-electron chi connectivity index (χ3n) is 4.73. The van der Waals surface area contributed by atoms with Crippen molar-refractivity contribution in [1.82, 2.24) is 25.7 Å². The van der Waals surface area contributed by atoms with Gasteiger partial charge in [-0.2, -0.15) is 4.98 Å². The van der Waals surface area contributed by atoms with Crippen LogP contribution in [0.1, 0.15) is 18.7 Å². The molecule has 0 bridgehead atoms. The summed E-state index contributed by atoms with van der Waals surface area (Å²) in [5.41, 5.74) is 6.11. The number of halogens is 1. The second-order valence-corrected chi connectivity index (χ2v) is 7.37. The Morgan fingerprint density at radius 2 is 2.07 bits per heavy atom. The van der Waals surface area contributed by atoms with Crippen molar-refractivity contribution >= 4 is 23.5 Å². The molecule has 3 rings (SSSR count). The van der Waals surface area contributed by atoms with E-state index in [-0.39, 0.29) is 5.91 Å². The number of hydrogen-bond acceptors (Lipinski definition) is 6. The Hall–Kier alpha value is -2.65. The zero-order valence-electron chi connectivity index (χ0n) is 16.4. The van der Waals surface area contributed by atoms with Gasteiger partial charge >= 0.3 is 0 Å². The lowest BCUT2D eigenvalue weighted by atomic mass is 10.1. The van der Waals surface area contributed by atoms with Gasteiger partial charge in [0, 0.05) is 49.7 Å². The molecule has 0 unspecified atom stereocenters. The standard InChI is InChI=1S/C19H26ClN7O2/c1-22-19(24-15-7-10-27(11-8-15)12-16(21)28)23-9-6-17-25-18(26-29-17)13-2-4-14(20)5-3-13/h2-5,15H,6-12H2,1H3,(H2,21,28)(H2,22,23,24). The van der Waals surface area contributed by atoms with Gasteiger partial charge in [0.1, 0.15) is 0 Å². The molecule has 1 fully saturated rings. The number of aromatic nitrogens is 2. The van der Waals surface area contributed by atoms with E-state index in [2.05, 4.69) is 30.7 Å². The molecule has 0 saturated carbocycles. The number of likely N-dealkylation sites (tertiary alicyclic amines) is 1. The van der Waals surface area contributed by atoms with Gasteiger partial charge in [-0.3, -0.25) is 14.7 Å². The van der Waals surface area contributed by atoms with Gasteiger partial charge in [0.05, 0.1) is 6.54 Å². The highest BCUT2D eigenvalue weighted by Crippen LogP contribution is 2.18. The normalized spacial score (nSPS) is 16.0. The van der Waals surface area contributed by atoms with Crippen LogP contribution in [0.5, 0.6) is 0 Å². The Balaban J connectivity index is 1.41. The van der Waals surface area contributed by atoms with Crippen molar-refractivity contribution < 1.29 is 9.32 Å². The first-order chi connectivity index (χ1) is 14.0. The van der Waals surface area contributed by atoms with Crippen molar-refractivity contribution in [3.05, 3.63) is 35.2 Å². The van der Waals surface area contributed by atoms with Gasteiger partial charge < -0.3 is 20.9 Å². The second-order valence-electron chi connectivity index (χ2n) is 6.93. The summed E-state index contributed by atoms with van der Waals surface area (Å²) in [4.78, 5) is 21.8. The summed E-state index contributed by atoms with van der Waals surface area (Å²) in [6, 6.07) is 7.61. The lowest BCUT2D eigenvalue weighted by molar-refractivity contribution is -0.119. The molecule has 1 amide bonds. The van der Waals surface area contributed by atoms with Crippen molar-refractivity contribution in [2.45, 2.75) is 25.3 Å². The molecule has 1 saturated heterocycles. The van der Waals surface area contributed by atoms with Crippen LogP contribution in [0.3, 0.4) is 0 Å². The number of amides is 1. The smallest absolute Gasteiger partial charge is 0.231 e. The van der Waals surface area contributed by atoms with Crippen molar-refractivity contribution in [3.63, 3.8) is 0 Å². The van der Waals surface area contributed by atoms with Crippen LogP contribution < -0.4 is 16.4 Å². The summed E-state index contributed by atoms with van der Waals surface area (Å²) >= 11 is 5.90. The van der Waals surface area contributed by atoms with Crippen LogP contribution in [0.4, 0.5) is 0 Å². The summed E-state index contributed by atoms with van der Waals surface area (Å²) < 4.78 is 5.32. The van der Waals surface area contributed by atoms with Crippen molar-refractivity contribution in [2.24, 2.45) is 10.7 Å². The number of carbonyl (C=O) groups is 1. The quantitative estimate of drug-likeness (QED) is 0.453. The van der Waals surface area contributed by atoms with E-state index in [4.69, 9.17) is 21.9 Å². The first-order valence-electron chi connectivity index (χ1n) is 9.60. The van der Waals surface area contributed by atoms with Crippen LogP contribution in [-0.4, -0.2) is 66.2 Å². The first-order valence-corrected chi connectivity index (χ1v) is 9.97. The van der Waals surface area contributed by atoms with Crippen LogP contribution in [0.2, 0.25) is 5.02 Å². The Kier molecular flexibility index (Phi) is 7.42. The minimum atomic E-state index is -0.283. The highest BCUT2D eigenvalue weighted by molar-refractivity contribution is 6.30. The number of benzene rings is 1. The van der Waals surface area contributed by atoms with Crippen LogP contribution >= 0.6 is 11.6 Å². The number of nitrogens with zero attached hydrogens (tertiary/aromatic N) is 4. The van der Waals surface area contributed by atoms with Crippen molar-refractivity contribution in [2.75, 3.05) is 33.2 Å². The molecule has 2 aromatic rings. The molecule has 1 aliphatic rings. The number of guanidine groups is 1. The Bertz CT molecular complexity index is 829. The number of primary amides is 1. The zero-order valence-corrected chi connectivity index (χ0v) is 17.2. The predicted octanol–water partition coefficient (Wildman–Crippen LogP) is 1.05. The van der Waals surface area contributed by atoms with E-state index in [0.29, 0.717) is 42.3 Å². The van der Waals surface area contributed by atoms with Crippen molar-refractivity contribution in [3.8, 4) is 11.4 Å². The summed E-state index contributed by atoms with van der Waals surface area (Å²) in [5.74, 6) is 1.55. The Morgan fingerprint density at radius 1 is 1.34 bits per heavy atom. The SMILES string of the molecule is CN=C(NCCc1nc(-c2ccc(Cl)cc2)no1)NC1CCN(CC(N)=O)CC1. The largest absolute Gasteiger partial charge is 0.369 e. The number of nitrogens with two attached hydrogens (primary N) is 1. The maximum absolute atomic E-state index is 11.0. The monoisotopic (exact) mass is 419 g/mol. The van der Waals surface area contributed by atoms with E-state index < -0.39 is 0 Å². The zero-order chi connectivity index (χ0) is 20.6. The minimum Gasteiger partial charge on any atom is -0.369 e. The van der Waals surface area contributed by atoms with Crippen LogP contribution in [0.15, 0.2) is 33.8 Å². The van der Waals surface area contributed by atoms with E-state index in [1.807, 2.05) is 12.1 Å². The topological polar surface area (TPSA) is 122 Å². The second kappa shape index (κ2) is 10.2. The molecule has 2 heterocycles. The maximum Gasteiger partial charge on any atom is 0.231 e. The van der Waals surface area contributed by atoms with Crippen LogP contribution in [0.25, 0.3) is 11.4 Å². The first kappa shape index (κ1) is 21.1. The molecule has 0 radical (unpaired) electrons. The minimum absolute atomic E-state index is 0.283. The van der Waals surface area contributed by atoms with Crippen LogP contribution in [-0.2, 0) is 11.2 Å². The van der Waals surface area contributed by atoms with Gasteiger partial charge in [-0.05, 0) is 37.1 Å². The molecule has 10 heteroatoms. The summed E-state index contributed by atoms with van der Waals surface area (Å²) in [6.07, 6.45) is 2.45. The lowest BCUT2D eigenvalue weighted by Crippen LogP contribution is -2.50. The highest BCUT2D eigenvalue weighted by Gasteiger charge is 2.20. The van der Waals surface area contributed by atoms with Gasteiger partial charge in [-0.15, -0.1) is 0 Å². The molecule has 1 aliphatic heterocycles. The average Bonchev–Trinajstić information content (AvgIpc) is 3.17. The van der Waals surface area contributed by atoms with Gasteiger partial charge in [0.15, 0.2) is 5.96 Å². The number of aliphatic imine (C=N–C) groups is 1. The third-order valence-corrected chi connectivity index (χ3v) is 4.99. The lowest BCUT2D eigenvalue weighted by Gasteiger charge is -2.32. The number of piperidine rings is 1. The average molecular weight is 420 g/mol. The molecule has 29 heavy (non-hydrogen) atoms. The highest BCUT2D eigenvalue weighted by atomic mass is 35.5. The Labute approximate surface area is 174 Å². The number of nitrogens with one attached hydrogen (secondary N) is 2. The Morgan fingerprint density at radius 3 is 2.72 bits per heavy atom. The number of hydrogen-bond donors (Lipinski definition) is 3. The molecular formula is C19H26ClN7O2. The molecular weight excluding hydrogens is 394 g/mol. The van der Waals surface area contributed by atoms with E-state index in [1.165, 1.54) is 0 Å². The van der Waals surface area contributed by atoms with E-state index in [0.717, 1.165) is 37.5 Å². The molecule has 4 N–H and O–H groups in total. The molecule has 9 nitrogen and oxygen atoms in total. The van der Waals surface area contributed by atoms with Gasteiger partial charge in [-0.25, -0.2) is 0 Å².